The first-order chi connectivity index (χ1) is 19.8. The van der Waals surface area contributed by atoms with E-state index in [1.807, 2.05) is 121 Å². The maximum atomic E-state index is 5.22. The molecule has 0 N–H and O–H groups in total. The van der Waals surface area contributed by atoms with Gasteiger partial charge in [0.25, 0.3) is 0 Å². The molecule has 0 fully saturated rings. The third-order valence-electron chi connectivity index (χ3n) is 6.65. The van der Waals surface area contributed by atoms with Gasteiger partial charge >= 0.3 is 0 Å². The van der Waals surface area contributed by atoms with Crippen LogP contribution in [0, 0.1) is 0 Å². The van der Waals surface area contributed by atoms with Crippen LogP contribution in [0.15, 0.2) is 144 Å². The molecule has 4 aromatic heterocycles. The normalized spacial score (nSPS) is 14.9. The lowest BCUT2D eigenvalue weighted by atomic mass is 9.99. The molecule has 188 valence electrons. The molecule has 5 heterocycles. The summed E-state index contributed by atoms with van der Waals surface area (Å²) in [5.74, 6) is 0. The first kappa shape index (κ1) is 23.5. The number of fused-ring (bicyclic) bond motifs is 2. The molecule has 0 aliphatic carbocycles. The van der Waals surface area contributed by atoms with Crippen LogP contribution in [0.1, 0.15) is 22.5 Å². The fraction of sp³-hybridized carbons (Fsp3) is 0. The molecule has 0 amide bonds. The summed E-state index contributed by atoms with van der Waals surface area (Å²) in [6.45, 7) is 0. The van der Waals surface area contributed by atoms with Crippen LogP contribution in [0.2, 0.25) is 0 Å². The number of aliphatic imine (C=N–C) groups is 2. The Labute approximate surface area is 231 Å². The standard InChI is InChI=1S/C34H22N6/c1-3-13-27-24(11-1)33(31-18-7-16-26(37-31)23-10-9-20-35-22-23)39-28-14-4-2-12-25(28)34(40-27)32-19-8-17-30(38-32)29-15-5-6-21-36-29/h1-22H/b33-24?,34-25?,39-28?,39-33+,40-27?,40-34+. The molecular formula is C34H22N6. The lowest BCUT2D eigenvalue weighted by Gasteiger charge is -2.17. The van der Waals surface area contributed by atoms with Crippen LogP contribution in [0.3, 0.4) is 0 Å². The Balaban J connectivity index is 1.41. The minimum Gasteiger partial charge on any atom is -0.264 e. The Morgan fingerprint density at radius 2 is 0.975 bits per heavy atom. The highest BCUT2D eigenvalue weighted by atomic mass is 14.9. The van der Waals surface area contributed by atoms with Crippen LogP contribution >= 0.6 is 0 Å². The van der Waals surface area contributed by atoms with Crippen molar-refractivity contribution in [2.24, 2.45) is 9.98 Å². The quantitative estimate of drug-likeness (QED) is 0.248. The van der Waals surface area contributed by atoms with E-state index >= 15 is 0 Å². The predicted octanol–water partition coefficient (Wildman–Crippen LogP) is 7.25. The van der Waals surface area contributed by atoms with Crippen molar-refractivity contribution < 1.29 is 0 Å². The zero-order chi connectivity index (χ0) is 26.7. The van der Waals surface area contributed by atoms with Crippen LogP contribution in [0.4, 0.5) is 11.4 Å². The molecule has 0 spiro atoms. The SMILES string of the molecule is c1ccc(-c2cccc(/C3=N/c4ccccc4/C(c4cccc(-c5cccnc5)n4)=N\c4ccccc43)n2)nc1. The van der Waals surface area contributed by atoms with E-state index in [0.717, 1.165) is 68.0 Å². The number of rotatable bonds is 4. The van der Waals surface area contributed by atoms with E-state index in [-0.39, 0.29) is 0 Å². The molecule has 7 rings (SSSR count). The Morgan fingerprint density at radius 1 is 0.400 bits per heavy atom. The third kappa shape index (κ3) is 4.48. The van der Waals surface area contributed by atoms with Crippen molar-refractivity contribution in [3.05, 3.63) is 156 Å². The molecule has 0 atom stereocenters. The molecule has 2 aromatic carbocycles. The molecular weight excluding hydrogens is 492 g/mol. The molecule has 1 aliphatic rings. The van der Waals surface area contributed by atoms with Gasteiger partial charge in [0.2, 0.25) is 0 Å². The van der Waals surface area contributed by atoms with Crippen LogP contribution < -0.4 is 0 Å². The average Bonchev–Trinajstić information content (AvgIpc) is 3.03. The number of hydrogen-bond donors (Lipinski definition) is 0. The van der Waals surface area contributed by atoms with Gasteiger partial charge in [0.05, 0.1) is 51.3 Å². The summed E-state index contributed by atoms with van der Waals surface area (Å²) >= 11 is 0. The lowest BCUT2D eigenvalue weighted by Crippen LogP contribution is -2.12. The van der Waals surface area contributed by atoms with Crippen molar-refractivity contribution in [2.75, 3.05) is 0 Å². The molecule has 0 saturated carbocycles. The van der Waals surface area contributed by atoms with Crippen LogP contribution in [0.25, 0.3) is 22.6 Å². The number of nitrogens with zero attached hydrogens (tertiary/aromatic N) is 6. The molecule has 1 aliphatic heterocycles. The summed E-state index contributed by atoms with van der Waals surface area (Å²) < 4.78 is 0. The Kier molecular flexibility index (Phi) is 6.03. The predicted molar refractivity (Wildman–Crippen MR) is 158 cm³/mol. The molecule has 0 unspecified atom stereocenters. The smallest absolute Gasteiger partial charge is 0.0987 e. The molecule has 6 aromatic rings. The van der Waals surface area contributed by atoms with Gasteiger partial charge in [0.1, 0.15) is 0 Å². The second-order valence-corrected chi connectivity index (χ2v) is 9.23. The van der Waals surface area contributed by atoms with Crippen LogP contribution in [0.5, 0.6) is 0 Å². The highest BCUT2D eigenvalue weighted by Gasteiger charge is 2.21. The number of para-hydroxylation sites is 2. The van der Waals surface area contributed by atoms with E-state index < -0.39 is 0 Å². The summed E-state index contributed by atoms with van der Waals surface area (Å²) in [6.07, 6.45) is 5.35. The summed E-state index contributed by atoms with van der Waals surface area (Å²) in [4.78, 5) is 29.2. The van der Waals surface area contributed by atoms with Gasteiger partial charge in [-0.1, -0.05) is 54.6 Å². The maximum absolute atomic E-state index is 5.22. The Bertz CT molecular complexity index is 1750. The van der Waals surface area contributed by atoms with Crippen LogP contribution in [-0.4, -0.2) is 31.4 Å². The van der Waals surface area contributed by atoms with Crippen molar-refractivity contribution in [3.63, 3.8) is 0 Å². The second-order valence-electron chi connectivity index (χ2n) is 9.23. The van der Waals surface area contributed by atoms with Crippen molar-refractivity contribution >= 4 is 22.8 Å². The fourth-order valence-electron chi connectivity index (χ4n) is 4.76. The highest BCUT2D eigenvalue weighted by Crippen LogP contribution is 2.33. The topological polar surface area (TPSA) is 76.3 Å². The van der Waals surface area contributed by atoms with Gasteiger partial charge in [-0.25, -0.2) is 20.0 Å². The second kappa shape index (κ2) is 10.3. The van der Waals surface area contributed by atoms with Gasteiger partial charge in [-0.15, -0.1) is 0 Å². The van der Waals surface area contributed by atoms with E-state index in [4.69, 9.17) is 20.0 Å². The Hall–Kier alpha value is -5.62. The van der Waals surface area contributed by atoms with Crippen molar-refractivity contribution in [1.29, 1.82) is 0 Å². The highest BCUT2D eigenvalue weighted by molar-refractivity contribution is 6.21. The molecule has 6 nitrogen and oxygen atoms in total. The van der Waals surface area contributed by atoms with Crippen molar-refractivity contribution in [3.8, 4) is 22.6 Å². The Morgan fingerprint density at radius 3 is 1.60 bits per heavy atom. The summed E-state index contributed by atoms with van der Waals surface area (Å²) in [7, 11) is 0. The maximum Gasteiger partial charge on any atom is 0.0987 e. The monoisotopic (exact) mass is 514 g/mol. The largest absolute Gasteiger partial charge is 0.264 e. The molecule has 6 heteroatoms. The fourth-order valence-corrected chi connectivity index (χ4v) is 4.76. The zero-order valence-electron chi connectivity index (χ0n) is 21.4. The molecule has 0 radical (unpaired) electrons. The number of pyridine rings is 4. The van der Waals surface area contributed by atoms with Gasteiger partial charge in [0, 0.05) is 35.3 Å². The molecule has 0 bridgehead atoms. The van der Waals surface area contributed by atoms with E-state index in [9.17, 15) is 0 Å². The number of benzene rings is 2. The van der Waals surface area contributed by atoms with E-state index in [1.165, 1.54) is 0 Å². The minimum absolute atomic E-state index is 0.751. The lowest BCUT2D eigenvalue weighted by molar-refractivity contribution is 1.22. The first-order valence-electron chi connectivity index (χ1n) is 13.0. The summed E-state index contributed by atoms with van der Waals surface area (Å²) in [5.41, 5.74) is 9.78. The number of hydrogen-bond acceptors (Lipinski definition) is 6. The van der Waals surface area contributed by atoms with Crippen LogP contribution in [-0.2, 0) is 0 Å². The van der Waals surface area contributed by atoms with E-state index in [0.29, 0.717) is 0 Å². The van der Waals surface area contributed by atoms with E-state index in [1.54, 1.807) is 12.4 Å². The van der Waals surface area contributed by atoms with Gasteiger partial charge in [-0.3, -0.25) is 9.97 Å². The first-order valence-corrected chi connectivity index (χ1v) is 13.0. The third-order valence-corrected chi connectivity index (χ3v) is 6.65. The molecule has 40 heavy (non-hydrogen) atoms. The van der Waals surface area contributed by atoms with Crippen molar-refractivity contribution in [1.82, 2.24) is 19.9 Å². The summed E-state index contributed by atoms with van der Waals surface area (Å²) in [6, 6.07) is 37.7. The minimum atomic E-state index is 0.751. The zero-order valence-corrected chi connectivity index (χ0v) is 21.4. The van der Waals surface area contributed by atoms with E-state index in [2.05, 4.69) is 9.97 Å². The summed E-state index contributed by atoms with van der Waals surface area (Å²) in [5, 5.41) is 0. The van der Waals surface area contributed by atoms with Gasteiger partial charge in [0.15, 0.2) is 0 Å². The van der Waals surface area contributed by atoms with Gasteiger partial charge in [-0.05, 0) is 60.7 Å². The van der Waals surface area contributed by atoms with Gasteiger partial charge in [-0.2, -0.15) is 0 Å². The van der Waals surface area contributed by atoms with Crippen molar-refractivity contribution in [2.45, 2.75) is 0 Å². The molecule has 0 saturated heterocycles. The number of aromatic nitrogens is 4. The average molecular weight is 515 g/mol. The van der Waals surface area contributed by atoms with Gasteiger partial charge < -0.3 is 0 Å².